The average Bonchev–Trinajstić information content (AvgIpc) is 2.17. The topological polar surface area (TPSA) is 50.4 Å². The van der Waals surface area contributed by atoms with Crippen molar-refractivity contribution in [3.63, 3.8) is 0 Å². The highest BCUT2D eigenvalue weighted by atomic mass is 35.5. The third-order valence-electron chi connectivity index (χ3n) is 2.48. The number of fused-ring (bicyclic) bond motifs is 1. The molecule has 0 aliphatic carbocycles. The summed E-state index contributed by atoms with van der Waals surface area (Å²) in [4.78, 5) is 4.49. The van der Waals surface area contributed by atoms with Crippen LogP contribution in [0.5, 0.6) is 0 Å². The van der Waals surface area contributed by atoms with E-state index in [2.05, 4.69) is 17.2 Å². The van der Waals surface area contributed by atoms with E-state index in [0.29, 0.717) is 6.54 Å². The lowest BCUT2D eigenvalue weighted by molar-refractivity contribution is 0.691. The number of halogens is 1. The summed E-state index contributed by atoms with van der Waals surface area (Å²) < 4.78 is 0. The maximum absolute atomic E-state index is 6.13. The van der Waals surface area contributed by atoms with E-state index >= 15 is 0 Å². The van der Waals surface area contributed by atoms with E-state index in [0.717, 1.165) is 28.5 Å². The fourth-order valence-corrected chi connectivity index (χ4v) is 2.15. The molecular weight excluding hydrogens is 210 g/mol. The number of nitrogens with one attached hydrogen (secondary N) is 1. The summed E-state index contributed by atoms with van der Waals surface area (Å²) >= 11 is 6.13. The molecule has 2 rings (SSSR count). The van der Waals surface area contributed by atoms with Gasteiger partial charge in [0.25, 0.3) is 0 Å². The Morgan fingerprint density at radius 2 is 2.33 bits per heavy atom. The van der Waals surface area contributed by atoms with Gasteiger partial charge in [-0.25, -0.2) is 4.99 Å². The first-order valence-electron chi connectivity index (χ1n) is 5.05. The van der Waals surface area contributed by atoms with E-state index in [-0.39, 0.29) is 6.04 Å². The number of benzene rings is 1. The maximum Gasteiger partial charge on any atom is 0.104 e. The van der Waals surface area contributed by atoms with Crippen molar-refractivity contribution in [2.24, 2.45) is 10.7 Å². The summed E-state index contributed by atoms with van der Waals surface area (Å²) in [5, 5.41) is 4.07. The Morgan fingerprint density at radius 3 is 3.07 bits per heavy atom. The zero-order valence-corrected chi connectivity index (χ0v) is 9.38. The minimum Gasteiger partial charge on any atom is -0.367 e. The lowest BCUT2D eigenvalue weighted by Gasteiger charge is -2.24. The molecule has 0 fully saturated rings. The summed E-state index contributed by atoms with van der Waals surface area (Å²) in [7, 11) is 0. The number of aliphatic imine (C=N–C) groups is 1. The van der Waals surface area contributed by atoms with Crippen LogP contribution in [0.1, 0.15) is 24.9 Å². The van der Waals surface area contributed by atoms with E-state index < -0.39 is 0 Å². The number of hydrogen-bond donors (Lipinski definition) is 2. The Labute approximate surface area is 94.3 Å². The lowest BCUT2D eigenvalue weighted by Crippen LogP contribution is -2.31. The monoisotopic (exact) mass is 223 g/mol. The number of nitrogens with zero attached hydrogens (tertiary/aromatic N) is 1. The molecule has 1 heterocycles. The van der Waals surface area contributed by atoms with Gasteiger partial charge in [0.1, 0.15) is 5.84 Å². The van der Waals surface area contributed by atoms with Gasteiger partial charge < -0.3 is 11.1 Å². The second-order valence-electron chi connectivity index (χ2n) is 3.64. The lowest BCUT2D eigenvalue weighted by atomic mass is 10.0. The van der Waals surface area contributed by atoms with Crippen LogP contribution in [0.4, 0.5) is 5.69 Å². The standard InChI is InChI=1S/C11H14ClN3/c1-7-11-8(12)3-2-4-9(11)15-10(14-7)5-6-13/h2-4,7H,5-6,13H2,1H3,(H,14,15). The van der Waals surface area contributed by atoms with Crippen LogP contribution in [0.2, 0.25) is 5.02 Å². The number of rotatable bonds is 2. The van der Waals surface area contributed by atoms with Gasteiger partial charge in [-0.2, -0.15) is 0 Å². The van der Waals surface area contributed by atoms with Crippen molar-refractivity contribution < 1.29 is 0 Å². The summed E-state index contributed by atoms with van der Waals surface area (Å²) in [6, 6.07) is 5.99. The van der Waals surface area contributed by atoms with Crippen LogP contribution in [0, 0.1) is 0 Å². The van der Waals surface area contributed by atoms with Gasteiger partial charge in [-0.15, -0.1) is 0 Å². The normalized spacial score (nSPS) is 19.1. The van der Waals surface area contributed by atoms with Crippen LogP contribution >= 0.6 is 11.6 Å². The van der Waals surface area contributed by atoms with Crippen molar-refractivity contribution in [3.8, 4) is 0 Å². The Hall–Kier alpha value is -1.06. The molecule has 0 bridgehead atoms. The fourth-order valence-electron chi connectivity index (χ4n) is 1.82. The van der Waals surface area contributed by atoms with Crippen LogP contribution in [-0.2, 0) is 0 Å². The van der Waals surface area contributed by atoms with Crippen molar-refractivity contribution >= 4 is 23.1 Å². The summed E-state index contributed by atoms with van der Waals surface area (Å²) in [5.41, 5.74) is 7.53. The molecule has 0 radical (unpaired) electrons. The molecule has 1 aliphatic heterocycles. The van der Waals surface area contributed by atoms with Crippen molar-refractivity contribution in [1.29, 1.82) is 0 Å². The zero-order chi connectivity index (χ0) is 10.8. The van der Waals surface area contributed by atoms with Gasteiger partial charge >= 0.3 is 0 Å². The molecule has 15 heavy (non-hydrogen) atoms. The van der Waals surface area contributed by atoms with E-state index in [4.69, 9.17) is 17.3 Å². The number of amidine groups is 1. The van der Waals surface area contributed by atoms with Crippen molar-refractivity contribution in [1.82, 2.24) is 5.32 Å². The minimum atomic E-state index is 0.202. The molecule has 0 spiro atoms. The Kier molecular flexibility index (Phi) is 2.93. The van der Waals surface area contributed by atoms with Crippen molar-refractivity contribution in [3.05, 3.63) is 28.8 Å². The average molecular weight is 224 g/mol. The van der Waals surface area contributed by atoms with Gasteiger partial charge in [0, 0.05) is 17.0 Å². The number of nitrogens with two attached hydrogens (primary N) is 1. The molecule has 3 nitrogen and oxygen atoms in total. The Balaban J connectivity index is 2.43. The molecule has 1 aliphatic rings. The van der Waals surface area contributed by atoms with Gasteiger partial charge in [0.2, 0.25) is 0 Å². The molecule has 1 aromatic carbocycles. The van der Waals surface area contributed by atoms with Gasteiger partial charge in [-0.3, -0.25) is 0 Å². The molecule has 1 aromatic rings. The third-order valence-corrected chi connectivity index (χ3v) is 2.81. The van der Waals surface area contributed by atoms with Crippen molar-refractivity contribution in [2.75, 3.05) is 6.54 Å². The van der Waals surface area contributed by atoms with E-state index in [9.17, 15) is 0 Å². The van der Waals surface area contributed by atoms with Gasteiger partial charge in [-0.1, -0.05) is 17.7 Å². The summed E-state index contributed by atoms with van der Waals surface area (Å²) in [5.74, 6) is 0.944. The summed E-state index contributed by atoms with van der Waals surface area (Å²) in [6.45, 7) is 2.68. The van der Waals surface area contributed by atoms with E-state index in [1.807, 2.05) is 18.2 Å². The Morgan fingerprint density at radius 1 is 1.53 bits per heavy atom. The first kappa shape index (κ1) is 10.5. The van der Waals surface area contributed by atoms with E-state index in [1.54, 1.807) is 0 Å². The minimum absolute atomic E-state index is 0.202. The molecular formula is C11H14ClN3. The van der Waals surface area contributed by atoms with Gasteiger partial charge in [-0.05, 0) is 25.6 Å². The van der Waals surface area contributed by atoms with Gasteiger partial charge in [0.05, 0.1) is 11.7 Å². The smallest absolute Gasteiger partial charge is 0.104 e. The van der Waals surface area contributed by atoms with Crippen LogP contribution in [0.15, 0.2) is 23.2 Å². The second kappa shape index (κ2) is 4.21. The first-order valence-corrected chi connectivity index (χ1v) is 5.42. The molecule has 0 aromatic heterocycles. The molecule has 80 valence electrons. The molecule has 1 unspecified atom stereocenters. The molecule has 1 atom stereocenters. The maximum atomic E-state index is 6.13. The predicted molar refractivity (Wildman–Crippen MR) is 63.8 cm³/mol. The highest BCUT2D eigenvalue weighted by Gasteiger charge is 2.19. The molecule has 0 saturated heterocycles. The molecule has 0 saturated carbocycles. The van der Waals surface area contributed by atoms with Crippen LogP contribution in [0.25, 0.3) is 0 Å². The fraction of sp³-hybridized carbons (Fsp3) is 0.364. The van der Waals surface area contributed by atoms with Crippen LogP contribution < -0.4 is 11.1 Å². The van der Waals surface area contributed by atoms with E-state index in [1.165, 1.54) is 0 Å². The summed E-state index contributed by atoms with van der Waals surface area (Å²) in [6.07, 6.45) is 0.774. The van der Waals surface area contributed by atoms with Crippen molar-refractivity contribution in [2.45, 2.75) is 19.4 Å². The highest BCUT2D eigenvalue weighted by molar-refractivity contribution is 6.31. The largest absolute Gasteiger partial charge is 0.367 e. The molecule has 3 N–H and O–H groups in total. The third kappa shape index (κ3) is 1.98. The van der Waals surface area contributed by atoms with Crippen LogP contribution in [0.3, 0.4) is 0 Å². The predicted octanol–water partition coefficient (Wildman–Crippen LogP) is 2.38. The van der Waals surface area contributed by atoms with Gasteiger partial charge in [0.15, 0.2) is 0 Å². The highest BCUT2D eigenvalue weighted by Crippen LogP contribution is 2.34. The second-order valence-corrected chi connectivity index (χ2v) is 4.04. The number of hydrogen-bond acceptors (Lipinski definition) is 3. The quantitative estimate of drug-likeness (QED) is 0.809. The first-order chi connectivity index (χ1) is 7.22. The van der Waals surface area contributed by atoms with Crippen LogP contribution in [-0.4, -0.2) is 12.4 Å². The molecule has 0 amide bonds. The SMILES string of the molecule is CC1NC(CCN)=Nc2cccc(Cl)c21. The zero-order valence-electron chi connectivity index (χ0n) is 8.63. The Bertz CT molecular complexity index is 401. The molecule has 4 heteroatoms.